The van der Waals surface area contributed by atoms with Gasteiger partial charge in [0.25, 0.3) is 5.96 Å². The summed E-state index contributed by atoms with van der Waals surface area (Å²) in [7, 11) is 0. The van der Waals surface area contributed by atoms with Crippen molar-refractivity contribution in [2.24, 2.45) is 10.7 Å². The highest BCUT2D eigenvalue weighted by Gasteiger charge is 2.36. The Morgan fingerprint density at radius 2 is 2.05 bits per heavy atom. The molecule has 0 spiro atoms. The van der Waals surface area contributed by atoms with Gasteiger partial charge in [0, 0.05) is 25.2 Å². The zero-order valence-electron chi connectivity index (χ0n) is 21.8. The van der Waals surface area contributed by atoms with Gasteiger partial charge in [-0.05, 0) is 52.5 Å². The Hall–Kier alpha value is -4.17. The monoisotopic (exact) mass is 536 g/mol. The molecule has 0 saturated carbocycles. The molecule has 2 atom stereocenters. The van der Waals surface area contributed by atoms with Crippen LogP contribution in [0.15, 0.2) is 28.9 Å². The SMILES string of the molecule is CC(C)(C)OC(=O)NCC(=O)N1CCC[C@H]1C(=O)N[C@@H](CCCN=C(N)N[N+](=O)[O-])C(=O)NC1=CC=CC1. The fraction of sp³-hybridized carbons (Fsp3) is 0.609. The first kappa shape index (κ1) is 30.1. The van der Waals surface area contributed by atoms with E-state index in [4.69, 9.17) is 10.5 Å². The molecule has 0 unspecified atom stereocenters. The van der Waals surface area contributed by atoms with Crippen LogP contribution in [-0.2, 0) is 19.1 Å². The van der Waals surface area contributed by atoms with Gasteiger partial charge < -0.3 is 31.3 Å². The van der Waals surface area contributed by atoms with Gasteiger partial charge in [-0.15, -0.1) is 0 Å². The number of carbonyl (C=O) groups is 4. The Bertz CT molecular complexity index is 1000. The highest BCUT2D eigenvalue weighted by molar-refractivity contribution is 5.93. The summed E-state index contributed by atoms with van der Waals surface area (Å²) in [5.74, 6) is -1.75. The molecule has 0 aromatic rings. The molecule has 1 aliphatic heterocycles. The van der Waals surface area contributed by atoms with Crippen molar-refractivity contribution in [1.29, 1.82) is 0 Å². The zero-order valence-corrected chi connectivity index (χ0v) is 21.8. The van der Waals surface area contributed by atoms with E-state index in [-0.39, 0.29) is 25.5 Å². The maximum absolute atomic E-state index is 13.1. The Balaban J connectivity index is 1.98. The van der Waals surface area contributed by atoms with Gasteiger partial charge in [0.1, 0.15) is 24.2 Å². The van der Waals surface area contributed by atoms with Crippen LogP contribution in [0.25, 0.3) is 0 Å². The minimum atomic E-state index is -0.943. The van der Waals surface area contributed by atoms with Gasteiger partial charge in [-0.1, -0.05) is 17.6 Å². The van der Waals surface area contributed by atoms with Gasteiger partial charge in [-0.2, -0.15) is 0 Å². The first-order valence-corrected chi connectivity index (χ1v) is 12.3. The number of hydrogen-bond acceptors (Lipinski definition) is 8. The van der Waals surface area contributed by atoms with Crippen LogP contribution in [0.3, 0.4) is 0 Å². The van der Waals surface area contributed by atoms with Crippen molar-refractivity contribution in [1.82, 2.24) is 26.3 Å². The van der Waals surface area contributed by atoms with Crippen molar-refractivity contribution in [2.45, 2.75) is 70.6 Å². The number of nitrogens with zero attached hydrogens (tertiary/aromatic N) is 3. The number of rotatable bonds is 11. The Labute approximate surface area is 220 Å². The summed E-state index contributed by atoms with van der Waals surface area (Å²) in [5, 5.41) is 17.5. The van der Waals surface area contributed by atoms with Gasteiger partial charge in [0.15, 0.2) is 5.03 Å². The number of guanidine groups is 1. The summed E-state index contributed by atoms with van der Waals surface area (Å²) in [5.41, 5.74) is 7.09. The molecule has 0 aromatic heterocycles. The normalized spacial score (nSPS) is 17.9. The second-order valence-corrected chi connectivity index (χ2v) is 9.75. The van der Waals surface area contributed by atoms with Crippen LogP contribution in [0.5, 0.6) is 0 Å². The number of likely N-dealkylation sites (tertiary alicyclic amines) is 1. The van der Waals surface area contributed by atoms with Crippen molar-refractivity contribution in [3.05, 3.63) is 34.0 Å². The minimum absolute atomic E-state index is 0.0843. The number of amides is 4. The average molecular weight is 537 g/mol. The van der Waals surface area contributed by atoms with Crippen LogP contribution >= 0.6 is 0 Å². The van der Waals surface area contributed by atoms with E-state index in [9.17, 15) is 29.3 Å². The first-order valence-electron chi connectivity index (χ1n) is 12.3. The number of hydrogen-bond donors (Lipinski definition) is 5. The Kier molecular flexibility index (Phi) is 11.0. The second kappa shape index (κ2) is 13.9. The summed E-state index contributed by atoms with van der Waals surface area (Å²) >= 11 is 0. The van der Waals surface area contributed by atoms with E-state index in [1.165, 1.54) is 4.90 Å². The molecule has 1 aliphatic carbocycles. The van der Waals surface area contributed by atoms with Gasteiger partial charge in [0.2, 0.25) is 17.7 Å². The molecule has 2 aliphatic rings. The van der Waals surface area contributed by atoms with Crippen molar-refractivity contribution in [3.63, 3.8) is 0 Å². The van der Waals surface area contributed by atoms with Gasteiger partial charge in [-0.3, -0.25) is 14.4 Å². The fourth-order valence-electron chi connectivity index (χ4n) is 3.85. The summed E-state index contributed by atoms with van der Waals surface area (Å²) in [4.78, 5) is 66.3. The summed E-state index contributed by atoms with van der Waals surface area (Å²) in [6, 6.07) is -1.75. The molecule has 0 bridgehead atoms. The van der Waals surface area contributed by atoms with Crippen molar-refractivity contribution in [3.8, 4) is 0 Å². The number of aliphatic imine (C=N–C) groups is 1. The second-order valence-electron chi connectivity index (χ2n) is 9.75. The lowest BCUT2D eigenvalue weighted by Crippen LogP contribution is -2.54. The van der Waals surface area contributed by atoms with Crippen LogP contribution < -0.4 is 27.1 Å². The summed E-state index contributed by atoms with van der Waals surface area (Å²) in [6.07, 6.45) is 6.69. The topological polar surface area (TPSA) is 210 Å². The largest absolute Gasteiger partial charge is 0.444 e. The molecule has 2 rings (SSSR count). The number of ether oxygens (including phenoxy) is 1. The van der Waals surface area contributed by atoms with E-state index in [1.54, 1.807) is 38.3 Å². The smallest absolute Gasteiger partial charge is 0.408 e. The molecule has 0 radical (unpaired) electrons. The zero-order chi connectivity index (χ0) is 28.3. The Morgan fingerprint density at radius 1 is 1.32 bits per heavy atom. The van der Waals surface area contributed by atoms with Crippen LogP contribution in [-0.4, -0.2) is 77.0 Å². The quantitative estimate of drug-likeness (QED) is 0.0778. The molecule has 4 amide bonds. The predicted molar refractivity (Wildman–Crippen MR) is 137 cm³/mol. The number of nitrogens with one attached hydrogen (secondary N) is 4. The van der Waals surface area contributed by atoms with Crippen LogP contribution in [0, 0.1) is 10.1 Å². The maximum Gasteiger partial charge on any atom is 0.408 e. The van der Waals surface area contributed by atoms with Gasteiger partial charge >= 0.3 is 6.09 Å². The fourth-order valence-corrected chi connectivity index (χ4v) is 3.85. The molecule has 15 heteroatoms. The lowest BCUT2D eigenvalue weighted by Gasteiger charge is -2.27. The number of nitro groups is 1. The summed E-state index contributed by atoms with van der Waals surface area (Å²) in [6.45, 7) is 5.19. The maximum atomic E-state index is 13.1. The van der Waals surface area contributed by atoms with E-state index in [0.29, 0.717) is 37.9 Å². The first-order chi connectivity index (χ1) is 17.9. The lowest BCUT2D eigenvalue weighted by atomic mass is 10.1. The number of carbonyl (C=O) groups excluding carboxylic acids is 4. The molecule has 15 nitrogen and oxygen atoms in total. The van der Waals surface area contributed by atoms with E-state index in [2.05, 4.69) is 20.9 Å². The number of alkyl carbamates (subject to hydrolysis) is 1. The highest BCUT2D eigenvalue weighted by Crippen LogP contribution is 2.18. The van der Waals surface area contributed by atoms with Gasteiger partial charge in [-0.25, -0.2) is 19.9 Å². The molecule has 6 N–H and O–H groups in total. The van der Waals surface area contributed by atoms with Crippen LogP contribution in [0.4, 0.5) is 4.79 Å². The summed E-state index contributed by atoms with van der Waals surface area (Å²) < 4.78 is 5.13. The average Bonchev–Trinajstić information content (AvgIpc) is 3.50. The van der Waals surface area contributed by atoms with Crippen molar-refractivity contribution < 1.29 is 28.9 Å². The third kappa shape index (κ3) is 10.4. The van der Waals surface area contributed by atoms with Crippen LogP contribution in [0.1, 0.15) is 52.9 Å². The molecular weight excluding hydrogens is 500 g/mol. The third-order valence-corrected chi connectivity index (χ3v) is 5.49. The number of allylic oxidation sites excluding steroid dienone is 3. The number of nitrogens with two attached hydrogens (primary N) is 1. The van der Waals surface area contributed by atoms with E-state index < -0.39 is 46.5 Å². The number of hydrazine groups is 1. The van der Waals surface area contributed by atoms with E-state index in [0.717, 1.165) is 0 Å². The molecule has 1 saturated heterocycles. The predicted octanol–water partition coefficient (Wildman–Crippen LogP) is -0.177. The van der Waals surface area contributed by atoms with E-state index in [1.807, 2.05) is 6.08 Å². The van der Waals surface area contributed by atoms with E-state index >= 15 is 0 Å². The molecular formula is C23H36N8O7. The molecule has 1 heterocycles. The minimum Gasteiger partial charge on any atom is -0.444 e. The Morgan fingerprint density at radius 3 is 2.68 bits per heavy atom. The molecule has 1 fully saturated rings. The molecule has 210 valence electrons. The lowest BCUT2D eigenvalue weighted by molar-refractivity contribution is -0.525. The standard InChI is InChI=1S/C23H36N8O7/c1-23(2,3)38-22(35)26-14-18(32)30-13-7-11-17(30)20(34)28-16(19(33)27-15-8-4-5-9-15)10-6-12-25-21(24)29-31(36)37/h4-5,8,16-17H,6-7,9-14H2,1-3H3,(H,26,35)(H,27,33)(H,28,34)(H3,24,25,29)/t16-,17-/m0/s1. The van der Waals surface area contributed by atoms with Crippen LogP contribution in [0.2, 0.25) is 0 Å². The third-order valence-electron chi connectivity index (χ3n) is 5.49. The van der Waals surface area contributed by atoms with Gasteiger partial charge in [0.05, 0.1) is 0 Å². The molecule has 0 aromatic carbocycles. The van der Waals surface area contributed by atoms with Crippen molar-refractivity contribution >= 4 is 29.8 Å². The van der Waals surface area contributed by atoms with Crippen molar-refractivity contribution in [2.75, 3.05) is 19.6 Å². The highest BCUT2D eigenvalue weighted by atomic mass is 16.7. The molecule has 38 heavy (non-hydrogen) atoms.